The molecule has 0 radical (unpaired) electrons. The first-order valence-corrected chi connectivity index (χ1v) is 5.96. The van der Waals surface area contributed by atoms with Crippen molar-refractivity contribution in [3.8, 4) is 0 Å². The first-order valence-electron chi connectivity index (χ1n) is 5.96. The summed E-state index contributed by atoms with van der Waals surface area (Å²) in [5.41, 5.74) is 0. The van der Waals surface area contributed by atoms with E-state index in [1.807, 2.05) is 0 Å². The summed E-state index contributed by atoms with van der Waals surface area (Å²) in [6.45, 7) is 6.27. The van der Waals surface area contributed by atoms with Crippen LogP contribution in [0.25, 0.3) is 0 Å². The maximum absolute atomic E-state index is 4.32. The molecule has 0 saturated carbocycles. The quantitative estimate of drug-likeness (QED) is 0.448. The maximum atomic E-state index is 4.32. The fourth-order valence-corrected chi connectivity index (χ4v) is 1.33. The third-order valence-corrected chi connectivity index (χ3v) is 2.28. The molecule has 15 heavy (non-hydrogen) atoms. The predicted molar refractivity (Wildman–Crippen MR) is 66.9 cm³/mol. The highest BCUT2D eigenvalue weighted by Gasteiger charge is 1.99. The van der Waals surface area contributed by atoms with E-state index >= 15 is 0 Å². The summed E-state index contributed by atoms with van der Waals surface area (Å²) in [5, 5.41) is 0. The van der Waals surface area contributed by atoms with Crippen LogP contribution in [-0.2, 0) is 0 Å². The van der Waals surface area contributed by atoms with Gasteiger partial charge in [0.25, 0.3) is 0 Å². The molecule has 3 nitrogen and oxygen atoms in total. The van der Waals surface area contributed by atoms with Crippen LogP contribution in [0.3, 0.4) is 0 Å². The minimum Gasteiger partial charge on any atom is -0.309 e. The van der Waals surface area contributed by atoms with Crippen molar-refractivity contribution in [3.05, 3.63) is 0 Å². The van der Waals surface area contributed by atoms with E-state index in [1.165, 1.54) is 6.42 Å². The summed E-state index contributed by atoms with van der Waals surface area (Å²) >= 11 is 0. The van der Waals surface area contributed by atoms with Crippen molar-refractivity contribution in [1.29, 1.82) is 0 Å². The number of hydrogen-bond acceptors (Lipinski definition) is 3. The Morgan fingerprint density at radius 2 is 2.00 bits per heavy atom. The van der Waals surface area contributed by atoms with E-state index in [9.17, 15) is 0 Å². The summed E-state index contributed by atoms with van der Waals surface area (Å²) in [7, 11) is 4.15. The molecule has 3 heteroatoms. The van der Waals surface area contributed by atoms with Crippen molar-refractivity contribution in [2.45, 2.75) is 45.6 Å². The molecule has 0 amide bonds. The molecular formula is C12H25N3. The Kier molecular flexibility index (Phi) is 9.44. The van der Waals surface area contributed by atoms with Crippen LogP contribution in [0.2, 0.25) is 0 Å². The molecule has 88 valence electrons. The first-order chi connectivity index (χ1) is 7.20. The monoisotopic (exact) mass is 211 g/mol. The Bertz CT molecular complexity index is 193. The first kappa shape index (κ1) is 14.3. The molecule has 0 spiro atoms. The maximum Gasteiger partial charge on any atom is 0.0895 e. The Morgan fingerprint density at radius 1 is 1.27 bits per heavy atom. The fraction of sp³-hybridized carbons (Fsp3) is 0.917. The molecule has 0 aliphatic rings. The minimum atomic E-state index is 0.424. The van der Waals surface area contributed by atoms with Crippen molar-refractivity contribution < 1.29 is 0 Å². The molecule has 0 aromatic rings. The molecule has 1 atom stereocenters. The Morgan fingerprint density at radius 3 is 2.53 bits per heavy atom. The summed E-state index contributed by atoms with van der Waals surface area (Å²) in [4.78, 5) is 10.7. The zero-order chi connectivity index (χ0) is 11.5. The minimum absolute atomic E-state index is 0.424. The molecule has 0 fully saturated rings. The van der Waals surface area contributed by atoms with Crippen LogP contribution in [0.4, 0.5) is 0 Å². The van der Waals surface area contributed by atoms with Crippen LogP contribution in [-0.4, -0.2) is 44.1 Å². The summed E-state index contributed by atoms with van der Waals surface area (Å²) in [6, 6.07) is 3.25. The van der Waals surface area contributed by atoms with Gasteiger partial charge in [0.05, 0.1) is 18.6 Å². The van der Waals surface area contributed by atoms with E-state index < -0.39 is 0 Å². The molecule has 0 aliphatic heterocycles. The lowest BCUT2D eigenvalue weighted by Gasteiger charge is -2.06. The van der Waals surface area contributed by atoms with Gasteiger partial charge < -0.3 is 4.90 Å². The van der Waals surface area contributed by atoms with E-state index in [-0.39, 0.29) is 0 Å². The normalized spacial score (nSPS) is 12.3. The van der Waals surface area contributed by atoms with Crippen molar-refractivity contribution in [2.24, 2.45) is 9.98 Å². The summed E-state index contributed by atoms with van der Waals surface area (Å²) in [5.74, 6) is 0. The molecule has 1 unspecified atom stereocenters. The molecule has 0 saturated heterocycles. The lowest BCUT2D eigenvalue weighted by atomic mass is 10.1. The standard InChI is InChI=1S/C12H25N3/c1-5-8-12(6-2)14-11-13-9-7-10-15(3)4/h12H,5-10H2,1-4H3. The molecule has 0 N–H and O–H groups in total. The Labute approximate surface area is 94.3 Å². The largest absolute Gasteiger partial charge is 0.309 e. The average molecular weight is 211 g/mol. The Balaban J connectivity index is 3.67. The van der Waals surface area contributed by atoms with Gasteiger partial charge in [-0.25, -0.2) is 9.98 Å². The van der Waals surface area contributed by atoms with Crippen molar-refractivity contribution >= 4 is 6.01 Å². The van der Waals surface area contributed by atoms with Gasteiger partial charge in [-0.05, 0) is 39.9 Å². The van der Waals surface area contributed by atoms with Gasteiger partial charge in [0.1, 0.15) is 0 Å². The van der Waals surface area contributed by atoms with Gasteiger partial charge >= 0.3 is 0 Å². The SMILES string of the molecule is CCCC(CC)N=C=NCCCN(C)C. The van der Waals surface area contributed by atoms with Gasteiger partial charge in [0.15, 0.2) is 0 Å². The topological polar surface area (TPSA) is 28.0 Å². The van der Waals surface area contributed by atoms with Crippen molar-refractivity contribution in [2.75, 3.05) is 27.2 Å². The van der Waals surface area contributed by atoms with Crippen LogP contribution in [0, 0.1) is 0 Å². The van der Waals surface area contributed by atoms with Crippen molar-refractivity contribution in [1.82, 2.24) is 4.90 Å². The number of hydrogen-bond donors (Lipinski definition) is 0. The van der Waals surface area contributed by atoms with Gasteiger partial charge in [0.2, 0.25) is 0 Å². The van der Waals surface area contributed by atoms with Gasteiger partial charge in [0, 0.05) is 0 Å². The van der Waals surface area contributed by atoms with E-state index in [2.05, 4.69) is 48.8 Å². The van der Waals surface area contributed by atoms with E-state index in [0.717, 1.165) is 32.4 Å². The molecule has 0 bridgehead atoms. The molecule has 0 aliphatic carbocycles. The van der Waals surface area contributed by atoms with Crippen molar-refractivity contribution in [3.63, 3.8) is 0 Å². The van der Waals surface area contributed by atoms with Gasteiger partial charge in [-0.2, -0.15) is 0 Å². The second kappa shape index (κ2) is 9.88. The lowest BCUT2D eigenvalue weighted by Crippen LogP contribution is -2.13. The van der Waals surface area contributed by atoms with Crippen LogP contribution in [0.15, 0.2) is 9.98 Å². The summed E-state index contributed by atoms with van der Waals surface area (Å²) < 4.78 is 0. The predicted octanol–water partition coefficient (Wildman–Crippen LogP) is 2.69. The van der Waals surface area contributed by atoms with Gasteiger partial charge in [-0.1, -0.05) is 20.3 Å². The number of aliphatic imine (C=N–C) groups is 2. The number of nitrogens with zero attached hydrogens (tertiary/aromatic N) is 3. The van der Waals surface area contributed by atoms with E-state index in [1.54, 1.807) is 0 Å². The second-order valence-electron chi connectivity index (χ2n) is 4.12. The molecule has 0 heterocycles. The molecule has 0 rings (SSSR count). The summed E-state index contributed by atoms with van der Waals surface area (Å²) in [6.07, 6.45) is 4.51. The lowest BCUT2D eigenvalue weighted by molar-refractivity contribution is 0.403. The zero-order valence-electron chi connectivity index (χ0n) is 10.7. The van der Waals surface area contributed by atoms with Crippen LogP contribution in [0.1, 0.15) is 39.5 Å². The van der Waals surface area contributed by atoms with Crippen LogP contribution in [0.5, 0.6) is 0 Å². The highest BCUT2D eigenvalue weighted by molar-refractivity contribution is 5.41. The second-order valence-corrected chi connectivity index (χ2v) is 4.12. The fourth-order valence-electron chi connectivity index (χ4n) is 1.33. The highest BCUT2D eigenvalue weighted by Crippen LogP contribution is 2.04. The molecule has 0 aromatic carbocycles. The van der Waals surface area contributed by atoms with Gasteiger partial charge in [-0.3, -0.25) is 0 Å². The average Bonchev–Trinajstić information content (AvgIpc) is 2.21. The zero-order valence-corrected chi connectivity index (χ0v) is 10.7. The number of rotatable bonds is 8. The van der Waals surface area contributed by atoms with Gasteiger partial charge in [-0.15, -0.1) is 0 Å². The highest BCUT2D eigenvalue weighted by atomic mass is 15.0. The smallest absolute Gasteiger partial charge is 0.0895 e. The molecular weight excluding hydrogens is 186 g/mol. The molecule has 0 aromatic heterocycles. The third-order valence-electron chi connectivity index (χ3n) is 2.28. The van der Waals surface area contributed by atoms with Crippen LogP contribution < -0.4 is 0 Å². The third kappa shape index (κ3) is 9.64. The van der Waals surface area contributed by atoms with E-state index in [0.29, 0.717) is 6.04 Å². The van der Waals surface area contributed by atoms with E-state index in [4.69, 9.17) is 0 Å². The van der Waals surface area contributed by atoms with Crippen LogP contribution >= 0.6 is 0 Å². The Hall–Kier alpha value is -0.660.